The fraction of sp³-hybridized carbons (Fsp3) is 0.462. The molecule has 0 saturated carbocycles. The van der Waals surface area contributed by atoms with Gasteiger partial charge in [-0.1, -0.05) is 18.7 Å². The van der Waals surface area contributed by atoms with E-state index in [1.54, 1.807) is 13.8 Å². The molecule has 0 spiro atoms. The highest BCUT2D eigenvalue weighted by Gasteiger charge is 2.24. The van der Waals surface area contributed by atoms with Gasteiger partial charge in [0.2, 0.25) is 5.91 Å². The maximum absolute atomic E-state index is 11.3. The van der Waals surface area contributed by atoms with Gasteiger partial charge in [-0.15, -0.1) is 0 Å². The normalized spacial score (nSPS) is 24.5. The van der Waals surface area contributed by atoms with Crippen molar-refractivity contribution in [3.05, 3.63) is 35.5 Å². The van der Waals surface area contributed by atoms with Crippen molar-refractivity contribution in [2.45, 2.75) is 32.8 Å². The van der Waals surface area contributed by atoms with Crippen LogP contribution in [0.5, 0.6) is 0 Å². The molecule has 16 heavy (non-hydrogen) atoms. The van der Waals surface area contributed by atoms with Gasteiger partial charge in [-0.05, 0) is 38.3 Å². The van der Waals surface area contributed by atoms with Gasteiger partial charge in [0, 0.05) is 12.1 Å². The third kappa shape index (κ3) is 3.07. The molecule has 0 radical (unpaired) electrons. The minimum atomic E-state index is -0.748. The number of amides is 1. The molecule has 0 fully saturated rings. The summed E-state index contributed by atoms with van der Waals surface area (Å²) in [6.45, 7) is 9.42. The Bertz CT molecular complexity index is 375. The Morgan fingerprint density at radius 2 is 2.31 bits per heavy atom. The third-order valence-corrected chi connectivity index (χ3v) is 2.85. The number of aliphatic hydroxyl groups is 1. The molecule has 3 nitrogen and oxygen atoms in total. The summed E-state index contributed by atoms with van der Waals surface area (Å²) >= 11 is 0. The second-order valence-electron chi connectivity index (χ2n) is 4.55. The van der Waals surface area contributed by atoms with Crippen molar-refractivity contribution in [1.29, 1.82) is 0 Å². The van der Waals surface area contributed by atoms with Gasteiger partial charge in [-0.3, -0.25) is 4.79 Å². The Kier molecular flexibility index (Phi) is 3.70. The standard InChI is InChI=1S/C13H19NO2/c1-9(2)12(15)14-8-11-5-6-13(4,16)10(3)7-11/h5,7,16H,1,6,8H2,2-4H3,(H,14,15). The summed E-state index contributed by atoms with van der Waals surface area (Å²) in [6.07, 6.45) is 4.46. The van der Waals surface area contributed by atoms with E-state index in [0.29, 0.717) is 18.5 Å². The first-order valence-electron chi connectivity index (χ1n) is 5.37. The quantitative estimate of drug-likeness (QED) is 0.713. The minimum Gasteiger partial charge on any atom is -0.385 e. The van der Waals surface area contributed by atoms with Gasteiger partial charge >= 0.3 is 0 Å². The summed E-state index contributed by atoms with van der Waals surface area (Å²) in [6, 6.07) is 0. The van der Waals surface area contributed by atoms with E-state index in [-0.39, 0.29) is 5.91 Å². The van der Waals surface area contributed by atoms with Crippen LogP contribution in [0.2, 0.25) is 0 Å². The summed E-state index contributed by atoms with van der Waals surface area (Å²) < 4.78 is 0. The van der Waals surface area contributed by atoms with E-state index >= 15 is 0 Å². The van der Waals surface area contributed by atoms with Gasteiger partial charge in [0.1, 0.15) is 0 Å². The summed E-state index contributed by atoms with van der Waals surface area (Å²) in [5.74, 6) is -0.135. The Morgan fingerprint density at radius 3 is 2.81 bits per heavy atom. The van der Waals surface area contributed by atoms with E-state index < -0.39 is 5.60 Å². The molecule has 88 valence electrons. The highest BCUT2D eigenvalue weighted by atomic mass is 16.3. The molecule has 0 aromatic heterocycles. The molecule has 0 aliphatic heterocycles. The predicted octanol–water partition coefficient (Wildman–Crippen LogP) is 1.71. The van der Waals surface area contributed by atoms with E-state index in [0.717, 1.165) is 11.1 Å². The van der Waals surface area contributed by atoms with Crippen LogP contribution in [0.25, 0.3) is 0 Å². The minimum absolute atomic E-state index is 0.135. The molecule has 0 saturated heterocycles. The number of carbonyl (C=O) groups is 1. The largest absolute Gasteiger partial charge is 0.385 e. The van der Waals surface area contributed by atoms with Gasteiger partial charge in [0.05, 0.1) is 5.60 Å². The molecular formula is C13H19NO2. The molecule has 1 amide bonds. The smallest absolute Gasteiger partial charge is 0.246 e. The number of carbonyl (C=O) groups excluding carboxylic acids is 1. The maximum Gasteiger partial charge on any atom is 0.246 e. The van der Waals surface area contributed by atoms with Crippen molar-refractivity contribution in [3.8, 4) is 0 Å². The lowest BCUT2D eigenvalue weighted by molar-refractivity contribution is -0.117. The zero-order valence-electron chi connectivity index (χ0n) is 10.1. The lowest BCUT2D eigenvalue weighted by Crippen LogP contribution is -2.30. The van der Waals surface area contributed by atoms with E-state index in [4.69, 9.17) is 0 Å². The van der Waals surface area contributed by atoms with Crippen molar-refractivity contribution in [3.63, 3.8) is 0 Å². The van der Waals surface area contributed by atoms with Crippen molar-refractivity contribution in [2.24, 2.45) is 0 Å². The molecule has 0 heterocycles. The van der Waals surface area contributed by atoms with Crippen LogP contribution in [-0.4, -0.2) is 23.2 Å². The lowest BCUT2D eigenvalue weighted by atomic mass is 9.87. The van der Waals surface area contributed by atoms with Gasteiger partial charge < -0.3 is 10.4 Å². The van der Waals surface area contributed by atoms with Gasteiger partial charge in [-0.2, -0.15) is 0 Å². The summed E-state index contributed by atoms with van der Waals surface area (Å²) in [5.41, 5.74) is 1.71. The Labute approximate surface area is 96.5 Å². The Hall–Kier alpha value is -1.35. The average Bonchev–Trinajstić information content (AvgIpc) is 2.19. The molecule has 1 aliphatic rings. The fourth-order valence-electron chi connectivity index (χ4n) is 1.44. The number of rotatable bonds is 3. The molecule has 0 bridgehead atoms. The van der Waals surface area contributed by atoms with Crippen LogP contribution in [0, 0.1) is 0 Å². The van der Waals surface area contributed by atoms with E-state index in [1.807, 2.05) is 19.1 Å². The molecule has 3 heteroatoms. The van der Waals surface area contributed by atoms with Gasteiger partial charge in [0.25, 0.3) is 0 Å². The first-order valence-corrected chi connectivity index (χ1v) is 5.37. The SMILES string of the molecule is C=C(C)C(=O)NCC1=CCC(C)(O)C(C)=C1. The highest BCUT2D eigenvalue weighted by molar-refractivity contribution is 5.92. The molecule has 1 rings (SSSR count). The predicted molar refractivity (Wildman–Crippen MR) is 64.9 cm³/mol. The van der Waals surface area contributed by atoms with Crippen LogP contribution >= 0.6 is 0 Å². The van der Waals surface area contributed by atoms with Crippen molar-refractivity contribution < 1.29 is 9.90 Å². The monoisotopic (exact) mass is 221 g/mol. The molecule has 2 N–H and O–H groups in total. The molecule has 0 aromatic rings. The topological polar surface area (TPSA) is 49.3 Å². The Balaban J connectivity index is 2.57. The van der Waals surface area contributed by atoms with Crippen LogP contribution in [-0.2, 0) is 4.79 Å². The van der Waals surface area contributed by atoms with Crippen LogP contribution < -0.4 is 5.32 Å². The molecular weight excluding hydrogens is 202 g/mol. The van der Waals surface area contributed by atoms with Gasteiger partial charge in [0.15, 0.2) is 0 Å². The zero-order valence-corrected chi connectivity index (χ0v) is 10.1. The van der Waals surface area contributed by atoms with Crippen molar-refractivity contribution in [1.82, 2.24) is 5.32 Å². The Morgan fingerprint density at radius 1 is 1.69 bits per heavy atom. The fourth-order valence-corrected chi connectivity index (χ4v) is 1.44. The zero-order chi connectivity index (χ0) is 12.3. The second-order valence-corrected chi connectivity index (χ2v) is 4.55. The van der Waals surface area contributed by atoms with Crippen LogP contribution in [0.1, 0.15) is 27.2 Å². The summed E-state index contributed by atoms with van der Waals surface area (Å²) in [7, 11) is 0. The molecule has 1 aliphatic carbocycles. The number of nitrogens with one attached hydrogen (secondary N) is 1. The molecule has 1 unspecified atom stereocenters. The lowest BCUT2D eigenvalue weighted by Gasteiger charge is -2.27. The second kappa shape index (κ2) is 4.66. The average molecular weight is 221 g/mol. The van der Waals surface area contributed by atoms with Crippen LogP contribution in [0.15, 0.2) is 35.5 Å². The third-order valence-electron chi connectivity index (χ3n) is 2.85. The molecule has 0 aromatic carbocycles. The first kappa shape index (κ1) is 12.7. The maximum atomic E-state index is 11.3. The number of hydrogen-bond donors (Lipinski definition) is 2. The van der Waals surface area contributed by atoms with Crippen molar-refractivity contribution in [2.75, 3.05) is 6.54 Å². The van der Waals surface area contributed by atoms with Crippen LogP contribution in [0.3, 0.4) is 0 Å². The van der Waals surface area contributed by atoms with Gasteiger partial charge in [-0.25, -0.2) is 0 Å². The number of hydrogen-bond acceptors (Lipinski definition) is 2. The first-order chi connectivity index (χ1) is 7.33. The highest BCUT2D eigenvalue weighted by Crippen LogP contribution is 2.26. The summed E-state index contributed by atoms with van der Waals surface area (Å²) in [4.78, 5) is 11.3. The molecule has 1 atom stereocenters. The van der Waals surface area contributed by atoms with E-state index in [2.05, 4.69) is 11.9 Å². The van der Waals surface area contributed by atoms with Crippen LogP contribution in [0.4, 0.5) is 0 Å². The van der Waals surface area contributed by atoms with E-state index in [9.17, 15) is 9.90 Å². The van der Waals surface area contributed by atoms with Crippen molar-refractivity contribution >= 4 is 5.91 Å². The van der Waals surface area contributed by atoms with E-state index in [1.165, 1.54) is 0 Å². The summed E-state index contributed by atoms with van der Waals surface area (Å²) in [5, 5.41) is 12.7.